The van der Waals surface area contributed by atoms with Crippen molar-refractivity contribution >= 4 is 76.7 Å². The highest BCUT2D eigenvalue weighted by Crippen LogP contribution is 2.72. The smallest absolute Gasteiger partial charge is 0.0111 e. The van der Waals surface area contributed by atoms with Crippen LogP contribution in [-0.2, 0) is 6.42 Å². The largest absolute Gasteiger partial charge is 0.0840 e. The molecule has 9 aliphatic carbocycles. The molecule has 0 spiro atoms. The molecule has 1 fully saturated rings. The molecule has 14 aromatic rings. The van der Waals surface area contributed by atoms with Crippen molar-refractivity contribution in [2.45, 2.75) is 83.0 Å². The Hall–Kier alpha value is -11.4. The van der Waals surface area contributed by atoms with Gasteiger partial charge in [0.15, 0.2) is 0 Å². The molecule has 0 radical (unpaired) electrons. The van der Waals surface area contributed by atoms with Gasteiger partial charge in [0.1, 0.15) is 0 Å². The lowest BCUT2D eigenvalue weighted by atomic mass is 9.54. The summed E-state index contributed by atoms with van der Waals surface area (Å²) in [5.74, 6) is 2.22. The number of allylic oxidation sites excluding steroid dienone is 13. The SMILES string of the molecule is CC1CC=CC=C1C1Cc2c(c(-c3ccc4ccccc4c3)c3c(c2-c2ccc4ccccc4c2)C2CCC4C5=C(CCC3=C52)C2=C3C5=C(CCC34)c3c(c(-c4ccc6ccccc6c4)c4cc(-c6ccccc6)c(-c6ccccc6)cc4c3-c3ccc4ccccc4c3)C5CC2)C=C1c1ccccc1. The van der Waals surface area contributed by atoms with E-state index in [0.29, 0.717) is 23.7 Å². The average Bonchev–Trinajstić information content (AvgIpc) is 1.53. The van der Waals surface area contributed by atoms with Crippen LogP contribution in [0, 0.1) is 23.7 Å². The van der Waals surface area contributed by atoms with E-state index in [2.05, 4.69) is 304 Å². The molecule has 0 N–H and O–H groups in total. The van der Waals surface area contributed by atoms with Crippen molar-refractivity contribution in [2.75, 3.05) is 0 Å². The lowest BCUT2D eigenvalue weighted by molar-refractivity contribution is 0.329. The summed E-state index contributed by atoms with van der Waals surface area (Å²) in [6, 6.07) is 105. The van der Waals surface area contributed by atoms with E-state index in [1.807, 2.05) is 0 Å². The Morgan fingerprint density at radius 3 is 1.30 bits per heavy atom. The van der Waals surface area contributed by atoms with E-state index < -0.39 is 0 Å². The highest BCUT2D eigenvalue weighted by atomic mass is 14.6. The summed E-state index contributed by atoms with van der Waals surface area (Å²) in [7, 11) is 0. The van der Waals surface area contributed by atoms with Crippen molar-refractivity contribution in [1.82, 2.24) is 0 Å². The second kappa shape index (κ2) is 23.3. The van der Waals surface area contributed by atoms with Gasteiger partial charge in [-0.1, -0.05) is 267 Å². The molecule has 0 heteroatoms. The molecule has 105 heavy (non-hydrogen) atoms. The maximum atomic E-state index is 2.73. The first-order valence-electron chi connectivity index (χ1n) is 39.1. The summed E-state index contributed by atoms with van der Waals surface area (Å²) < 4.78 is 0. The third kappa shape index (κ3) is 8.93. The van der Waals surface area contributed by atoms with Crippen LogP contribution in [0.15, 0.2) is 330 Å². The first-order chi connectivity index (χ1) is 52.0. The van der Waals surface area contributed by atoms with Crippen molar-refractivity contribution in [3.63, 3.8) is 0 Å². The lowest BCUT2D eigenvalue weighted by Crippen LogP contribution is -2.36. The molecule has 9 aliphatic rings. The van der Waals surface area contributed by atoms with Gasteiger partial charge < -0.3 is 0 Å². The van der Waals surface area contributed by atoms with Gasteiger partial charge in [-0.05, 0) is 334 Å². The molecule has 6 atom stereocenters. The predicted octanol–water partition coefficient (Wildman–Crippen LogP) is 28.1. The first kappa shape index (κ1) is 60.0. The van der Waals surface area contributed by atoms with Gasteiger partial charge in [0.05, 0.1) is 0 Å². The quantitative estimate of drug-likeness (QED) is 0.142. The van der Waals surface area contributed by atoms with Crippen LogP contribution in [0.3, 0.4) is 0 Å². The van der Waals surface area contributed by atoms with Crippen molar-refractivity contribution < 1.29 is 0 Å². The Balaban J connectivity index is 0.782. The van der Waals surface area contributed by atoms with Crippen molar-refractivity contribution in [3.05, 3.63) is 369 Å². The second-order valence-corrected chi connectivity index (χ2v) is 31.9. The monoisotopic (exact) mass is 1340 g/mol. The number of benzene rings is 14. The van der Waals surface area contributed by atoms with Crippen LogP contribution in [0.25, 0.3) is 143 Å². The molecule has 0 aliphatic heterocycles. The van der Waals surface area contributed by atoms with Crippen molar-refractivity contribution in [1.29, 1.82) is 0 Å². The Morgan fingerprint density at radius 1 is 0.305 bits per heavy atom. The molecule has 498 valence electrons. The standard InChI is InChI=1S/C105H78/c1-61-21-11-20-36-77(61)89-60-93-92(59-88(89)68-30-9-4-10-31-68)96(75-43-39-64-24-14-18-34-71(64)55-75)104-84-51-47-80-78-45-49-82-100-83(50-46-79(98(78)100)81-48-52-85(101(84)99(80)81)105(104)97(93)76-44-40-65-25-15-19-35-72(65)56-76)103-95(74-42-38-63-23-13-17-33-70(63)54-74)91-58-87(67-28-7-3-8-29-67)86(66-26-5-2-6-27-66)57-90(91)94(102(82)103)73-41-37-62-22-12-16-32-69(62)53-73/h2-20,22-44,53-59,61,79,81-82,85,89H,21,45-52,60H2,1H3. The number of hydrogen-bond acceptors (Lipinski definition) is 0. The van der Waals surface area contributed by atoms with E-state index in [0.717, 1.165) is 51.4 Å². The fourth-order valence-corrected chi connectivity index (χ4v) is 22.6. The van der Waals surface area contributed by atoms with Crippen LogP contribution in [-0.4, -0.2) is 0 Å². The number of fused-ring (bicyclic) bond motifs is 14. The van der Waals surface area contributed by atoms with E-state index in [4.69, 9.17) is 0 Å². The summed E-state index contributed by atoms with van der Waals surface area (Å²) in [5, 5.41) is 13.1. The highest BCUT2D eigenvalue weighted by Gasteiger charge is 2.55. The zero-order valence-electron chi connectivity index (χ0n) is 59.3. The van der Waals surface area contributed by atoms with Crippen molar-refractivity contribution in [3.8, 4) is 66.8 Å². The second-order valence-electron chi connectivity index (χ2n) is 31.9. The average molecular weight is 1340 g/mol. The fourth-order valence-electron chi connectivity index (χ4n) is 22.6. The zero-order valence-corrected chi connectivity index (χ0v) is 59.3. The topological polar surface area (TPSA) is 0 Å². The van der Waals surface area contributed by atoms with Gasteiger partial charge in [0.2, 0.25) is 0 Å². The summed E-state index contributed by atoms with van der Waals surface area (Å²) in [6.45, 7) is 2.48. The van der Waals surface area contributed by atoms with Gasteiger partial charge in [-0.3, -0.25) is 0 Å². The van der Waals surface area contributed by atoms with Gasteiger partial charge in [-0.25, -0.2) is 0 Å². The van der Waals surface area contributed by atoms with E-state index in [9.17, 15) is 0 Å². The van der Waals surface area contributed by atoms with Gasteiger partial charge in [0, 0.05) is 17.8 Å². The molecule has 14 aromatic carbocycles. The molecule has 6 unspecified atom stereocenters. The van der Waals surface area contributed by atoms with E-state index in [-0.39, 0.29) is 11.8 Å². The van der Waals surface area contributed by atoms with Crippen molar-refractivity contribution in [2.24, 2.45) is 23.7 Å². The maximum Gasteiger partial charge on any atom is 0.0111 e. The molecule has 23 rings (SSSR count). The highest BCUT2D eigenvalue weighted by molar-refractivity contribution is 6.17. The van der Waals surface area contributed by atoms with Gasteiger partial charge in [0.25, 0.3) is 0 Å². The molecule has 0 heterocycles. The van der Waals surface area contributed by atoms with Crippen LogP contribution < -0.4 is 0 Å². The lowest BCUT2D eigenvalue weighted by Gasteiger charge is -2.50. The summed E-state index contributed by atoms with van der Waals surface area (Å²) in [5.41, 5.74) is 43.8. The normalized spacial score (nSPS) is 20.9. The van der Waals surface area contributed by atoms with Gasteiger partial charge >= 0.3 is 0 Å². The number of hydrogen-bond donors (Lipinski definition) is 0. The minimum Gasteiger partial charge on any atom is -0.0840 e. The zero-order chi connectivity index (χ0) is 68.7. The maximum absolute atomic E-state index is 2.73. The van der Waals surface area contributed by atoms with Crippen LogP contribution >= 0.6 is 0 Å². The number of rotatable bonds is 8. The molecule has 0 nitrogen and oxygen atoms in total. The van der Waals surface area contributed by atoms with E-state index in [1.165, 1.54) is 156 Å². The molecule has 0 amide bonds. The Morgan fingerprint density at radius 2 is 0.733 bits per heavy atom. The van der Waals surface area contributed by atoms with Crippen LogP contribution in [0.5, 0.6) is 0 Å². The minimum atomic E-state index is 0.242. The Bertz CT molecular complexity index is 6410. The predicted molar refractivity (Wildman–Crippen MR) is 443 cm³/mol. The van der Waals surface area contributed by atoms with Crippen LogP contribution in [0.2, 0.25) is 0 Å². The van der Waals surface area contributed by atoms with E-state index in [1.54, 1.807) is 72.4 Å². The molecule has 0 saturated heterocycles. The molecule has 1 saturated carbocycles. The van der Waals surface area contributed by atoms with E-state index >= 15 is 0 Å². The minimum absolute atomic E-state index is 0.242. The van der Waals surface area contributed by atoms with Crippen LogP contribution in [0.4, 0.5) is 0 Å². The Kier molecular flexibility index (Phi) is 13.3. The van der Waals surface area contributed by atoms with Crippen LogP contribution in [0.1, 0.15) is 115 Å². The fraction of sp³-hybridized carbons (Fsp3) is 0.162. The summed E-state index contributed by atoms with van der Waals surface area (Å²) in [6.07, 6.45) is 21.0. The molecular weight excluding hydrogens is 1260 g/mol. The summed E-state index contributed by atoms with van der Waals surface area (Å²) in [4.78, 5) is 0. The van der Waals surface area contributed by atoms with Gasteiger partial charge in [-0.2, -0.15) is 0 Å². The molecular formula is C105H78. The third-order valence-electron chi connectivity index (χ3n) is 26.8. The molecule has 0 aromatic heterocycles. The molecule has 0 bridgehead atoms. The summed E-state index contributed by atoms with van der Waals surface area (Å²) >= 11 is 0. The van der Waals surface area contributed by atoms with Gasteiger partial charge in [-0.15, -0.1) is 0 Å². The first-order valence-corrected chi connectivity index (χ1v) is 39.1. The third-order valence-corrected chi connectivity index (χ3v) is 26.8. The Labute approximate surface area is 615 Å².